The average Bonchev–Trinajstić information content (AvgIpc) is 3.10. The standard InChI is InChI=1S/C27H24BrNO3S/c1-3-31-27(30)26-21-16-25(32-18-19-10-6-4-7-11-19)22(28)17-24(21)29(2)23(26)14-15-33-20-12-8-5-9-13-20/h4-17H,3,18H2,1-2H3. The summed E-state index contributed by atoms with van der Waals surface area (Å²) < 4.78 is 14.3. The molecule has 0 radical (unpaired) electrons. The van der Waals surface area contributed by atoms with Crippen molar-refractivity contribution in [3.63, 3.8) is 0 Å². The Bertz CT molecular complexity index is 1280. The molecule has 0 aliphatic rings. The Kier molecular flexibility index (Phi) is 7.57. The van der Waals surface area contributed by atoms with E-state index in [2.05, 4.69) is 28.1 Å². The largest absolute Gasteiger partial charge is 0.488 e. The number of benzene rings is 3. The maximum atomic E-state index is 13.0. The van der Waals surface area contributed by atoms with E-state index >= 15 is 0 Å². The van der Waals surface area contributed by atoms with Crippen molar-refractivity contribution in [1.82, 2.24) is 4.57 Å². The van der Waals surface area contributed by atoms with Crippen molar-refractivity contribution in [2.75, 3.05) is 6.61 Å². The lowest BCUT2D eigenvalue weighted by Gasteiger charge is -2.09. The number of rotatable bonds is 8. The van der Waals surface area contributed by atoms with Crippen molar-refractivity contribution in [1.29, 1.82) is 0 Å². The second-order valence-corrected chi connectivity index (χ2v) is 9.18. The minimum absolute atomic E-state index is 0.311. The minimum Gasteiger partial charge on any atom is -0.488 e. The summed E-state index contributed by atoms with van der Waals surface area (Å²) in [6, 6.07) is 24.0. The smallest absolute Gasteiger partial charge is 0.340 e. The number of thioether (sulfide) groups is 1. The van der Waals surface area contributed by atoms with Crippen LogP contribution in [0.25, 0.3) is 17.0 Å². The molecule has 0 aliphatic carbocycles. The zero-order valence-electron chi connectivity index (χ0n) is 18.5. The summed E-state index contributed by atoms with van der Waals surface area (Å²) in [5, 5.41) is 2.79. The highest BCUT2D eigenvalue weighted by molar-refractivity contribution is 9.10. The highest BCUT2D eigenvalue weighted by atomic mass is 79.9. The van der Waals surface area contributed by atoms with Gasteiger partial charge in [0, 0.05) is 17.3 Å². The molecule has 4 aromatic rings. The fraction of sp³-hybridized carbons (Fsp3) is 0.148. The number of fused-ring (bicyclic) bond motifs is 1. The number of carbonyl (C=O) groups excluding carboxylic acids is 1. The van der Waals surface area contributed by atoms with E-state index in [0.717, 1.165) is 31.5 Å². The Labute approximate surface area is 206 Å². The molecule has 0 aliphatic heterocycles. The number of hydrogen-bond donors (Lipinski definition) is 0. The van der Waals surface area contributed by atoms with Crippen LogP contribution in [-0.2, 0) is 18.4 Å². The van der Waals surface area contributed by atoms with E-state index in [-0.39, 0.29) is 5.97 Å². The second kappa shape index (κ2) is 10.8. The number of hydrogen-bond acceptors (Lipinski definition) is 4. The van der Waals surface area contributed by atoms with E-state index in [1.54, 1.807) is 11.8 Å². The third kappa shape index (κ3) is 5.34. The maximum Gasteiger partial charge on any atom is 0.340 e. The number of aryl methyl sites for hydroxylation is 1. The van der Waals surface area contributed by atoms with Gasteiger partial charge in [0.05, 0.1) is 27.9 Å². The third-order valence-corrected chi connectivity index (χ3v) is 6.62. The number of halogens is 1. The lowest BCUT2D eigenvalue weighted by Crippen LogP contribution is -2.06. The number of carbonyl (C=O) groups is 1. The molecule has 0 unspecified atom stereocenters. The predicted molar refractivity (Wildman–Crippen MR) is 139 cm³/mol. The molecule has 0 amide bonds. The molecule has 0 fully saturated rings. The van der Waals surface area contributed by atoms with Crippen LogP contribution in [0.15, 0.2) is 87.6 Å². The Morgan fingerprint density at radius 3 is 2.45 bits per heavy atom. The van der Waals surface area contributed by atoms with Crippen molar-refractivity contribution in [2.45, 2.75) is 18.4 Å². The summed E-state index contributed by atoms with van der Waals surface area (Å²) in [7, 11) is 1.95. The van der Waals surface area contributed by atoms with Gasteiger partial charge in [0.1, 0.15) is 12.4 Å². The molecule has 3 aromatic carbocycles. The number of nitrogens with zero attached hydrogens (tertiary/aromatic N) is 1. The van der Waals surface area contributed by atoms with E-state index < -0.39 is 0 Å². The SMILES string of the molecule is CCOC(=O)c1c(C=CSc2ccccc2)n(C)c2cc(Br)c(OCc3ccccc3)cc12. The monoisotopic (exact) mass is 521 g/mol. The Hall–Kier alpha value is -2.96. The highest BCUT2D eigenvalue weighted by Crippen LogP contribution is 2.36. The van der Waals surface area contributed by atoms with Gasteiger partial charge in [-0.3, -0.25) is 0 Å². The second-order valence-electron chi connectivity index (χ2n) is 7.35. The Balaban J connectivity index is 1.72. The zero-order valence-corrected chi connectivity index (χ0v) is 20.9. The normalized spacial score (nSPS) is 11.2. The van der Waals surface area contributed by atoms with Gasteiger partial charge in [0.15, 0.2) is 0 Å². The predicted octanol–water partition coefficient (Wildman–Crippen LogP) is 7.46. The minimum atomic E-state index is -0.344. The summed E-state index contributed by atoms with van der Waals surface area (Å²) in [6.45, 7) is 2.56. The Morgan fingerprint density at radius 2 is 1.76 bits per heavy atom. The van der Waals surface area contributed by atoms with Gasteiger partial charge in [-0.05, 0) is 64.2 Å². The molecule has 0 saturated carbocycles. The fourth-order valence-corrected chi connectivity index (χ4v) is 4.71. The van der Waals surface area contributed by atoms with E-state index in [9.17, 15) is 4.79 Å². The highest BCUT2D eigenvalue weighted by Gasteiger charge is 2.22. The molecular formula is C27H24BrNO3S. The summed E-state index contributed by atoms with van der Waals surface area (Å²) >= 11 is 5.23. The van der Waals surface area contributed by atoms with Gasteiger partial charge in [-0.25, -0.2) is 4.79 Å². The van der Waals surface area contributed by atoms with Gasteiger partial charge in [-0.15, -0.1) is 0 Å². The molecule has 4 rings (SSSR count). The molecule has 33 heavy (non-hydrogen) atoms. The number of aromatic nitrogens is 1. The fourth-order valence-electron chi connectivity index (χ4n) is 3.59. The van der Waals surface area contributed by atoms with Crippen LogP contribution in [0.1, 0.15) is 28.5 Å². The van der Waals surface area contributed by atoms with Crippen LogP contribution in [0.4, 0.5) is 0 Å². The van der Waals surface area contributed by atoms with Crippen molar-refractivity contribution in [2.24, 2.45) is 7.05 Å². The lowest BCUT2D eigenvalue weighted by molar-refractivity contribution is 0.0528. The lowest BCUT2D eigenvalue weighted by atomic mass is 10.1. The molecule has 0 N–H and O–H groups in total. The molecule has 0 bridgehead atoms. The molecule has 1 aromatic heterocycles. The molecule has 0 atom stereocenters. The quantitative estimate of drug-likeness (QED) is 0.178. The first kappa shape index (κ1) is 23.2. The van der Waals surface area contributed by atoms with Gasteiger partial charge >= 0.3 is 5.97 Å². The molecule has 0 spiro atoms. The van der Waals surface area contributed by atoms with Crippen molar-refractivity contribution < 1.29 is 14.3 Å². The topological polar surface area (TPSA) is 40.5 Å². The van der Waals surface area contributed by atoms with Crippen LogP contribution in [-0.4, -0.2) is 17.1 Å². The van der Waals surface area contributed by atoms with Crippen molar-refractivity contribution >= 4 is 50.6 Å². The third-order valence-electron chi connectivity index (χ3n) is 5.19. The van der Waals surface area contributed by atoms with Gasteiger partial charge in [0.25, 0.3) is 0 Å². The van der Waals surface area contributed by atoms with Crippen LogP contribution < -0.4 is 4.74 Å². The van der Waals surface area contributed by atoms with Crippen LogP contribution >= 0.6 is 27.7 Å². The van der Waals surface area contributed by atoms with Gasteiger partial charge in [0.2, 0.25) is 0 Å². The van der Waals surface area contributed by atoms with Crippen LogP contribution in [0.5, 0.6) is 5.75 Å². The first-order chi connectivity index (χ1) is 16.1. The molecule has 1 heterocycles. The number of esters is 1. The van der Waals surface area contributed by atoms with Crippen LogP contribution in [0.2, 0.25) is 0 Å². The van der Waals surface area contributed by atoms with E-state index in [1.165, 1.54) is 0 Å². The van der Waals surface area contributed by atoms with Crippen molar-refractivity contribution in [3.8, 4) is 5.75 Å². The maximum absolute atomic E-state index is 13.0. The van der Waals surface area contributed by atoms with Gasteiger partial charge in [-0.2, -0.15) is 0 Å². The zero-order chi connectivity index (χ0) is 23.2. The summed E-state index contributed by atoms with van der Waals surface area (Å²) in [6.07, 6.45) is 1.96. The van der Waals surface area contributed by atoms with Crippen LogP contribution in [0, 0.1) is 0 Å². The van der Waals surface area contributed by atoms with Crippen LogP contribution in [0.3, 0.4) is 0 Å². The summed E-state index contributed by atoms with van der Waals surface area (Å²) in [4.78, 5) is 14.1. The molecule has 0 saturated heterocycles. The van der Waals surface area contributed by atoms with E-state index in [4.69, 9.17) is 9.47 Å². The van der Waals surface area contributed by atoms with E-state index in [0.29, 0.717) is 24.5 Å². The van der Waals surface area contributed by atoms with E-state index in [1.807, 2.05) is 90.7 Å². The van der Waals surface area contributed by atoms with Gasteiger partial charge in [-0.1, -0.05) is 60.3 Å². The molecule has 168 valence electrons. The van der Waals surface area contributed by atoms with Crippen molar-refractivity contribution in [3.05, 3.63) is 99.5 Å². The van der Waals surface area contributed by atoms with Gasteiger partial charge < -0.3 is 14.0 Å². The number of ether oxygens (including phenoxy) is 2. The molecule has 6 heteroatoms. The summed E-state index contributed by atoms with van der Waals surface area (Å²) in [5.74, 6) is 0.334. The summed E-state index contributed by atoms with van der Waals surface area (Å²) in [5.41, 5.74) is 3.32. The molecular weight excluding hydrogens is 498 g/mol. The first-order valence-corrected chi connectivity index (χ1v) is 12.3. The molecule has 4 nitrogen and oxygen atoms in total. The Morgan fingerprint density at radius 1 is 1.06 bits per heavy atom. The average molecular weight is 522 g/mol. The first-order valence-electron chi connectivity index (χ1n) is 10.6.